The Morgan fingerprint density at radius 1 is 1.35 bits per heavy atom. The third-order valence-electron chi connectivity index (χ3n) is 5.53. The Kier molecular flexibility index (Phi) is 4.47. The lowest BCUT2D eigenvalue weighted by Crippen LogP contribution is -2.66. The van der Waals surface area contributed by atoms with Crippen LogP contribution in [0.25, 0.3) is 0 Å². The van der Waals surface area contributed by atoms with Crippen molar-refractivity contribution in [1.29, 1.82) is 0 Å². The molecule has 1 saturated carbocycles. The number of ether oxygens (including phenoxy) is 1. The van der Waals surface area contributed by atoms with Gasteiger partial charge in [0, 0.05) is 30.5 Å². The van der Waals surface area contributed by atoms with E-state index in [9.17, 15) is 4.79 Å². The summed E-state index contributed by atoms with van der Waals surface area (Å²) in [5.41, 5.74) is 1.72. The van der Waals surface area contributed by atoms with Gasteiger partial charge in [0.05, 0.1) is 11.7 Å². The molecule has 2 aliphatic rings. The number of fused-ring (bicyclic) bond motifs is 1. The Labute approximate surface area is 138 Å². The van der Waals surface area contributed by atoms with E-state index in [1.807, 2.05) is 12.1 Å². The van der Waals surface area contributed by atoms with Crippen LogP contribution in [0, 0.1) is 11.3 Å². The monoisotopic (exact) mass is 317 g/mol. The quantitative estimate of drug-likeness (QED) is 0.873. The Morgan fingerprint density at radius 3 is 2.65 bits per heavy atom. The number of nitrogens with zero attached hydrogens (tertiary/aromatic N) is 1. The molecule has 1 aliphatic carbocycles. The minimum Gasteiger partial charge on any atom is -0.478 e. The molecule has 1 aromatic carbocycles. The van der Waals surface area contributed by atoms with Crippen molar-refractivity contribution in [3.8, 4) is 0 Å². The summed E-state index contributed by atoms with van der Waals surface area (Å²) in [4.78, 5) is 13.6. The predicted molar refractivity (Wildman–Crippen MR) is 89.5 cm³/mol. The van der Waals surface area contributed by atoms with E-state index < -0.39 is 5.97 Å². The van der Waals surface area contributed by atoms with Crippen molar-refractivity contribution in [3.05, 3.63) is 35.4 Å². The summed E-state index contributed by atoms with van der Waals surface area (Å²) in [6.07, 6.45) is 2.69. The molecule has 2 fully saturated rings. The molecule has 126 valence electrons. The molecule has 23 heavy (non-hydrogen) atoms. The Bertz CT molecular complexity index is 566. The van der Waals surface area contributed by atoms with Crippen LogP contribution in [-0.2, 0) is 11.3 Å². The number of carbonyl (C=O) groups is 1. The molecule has 0 radical (unpaired) electrons. The number of benzene rings is 1. The highest BCUT2D eigenvalue weighted by molar-refractivity contribution is 5.87. The van der Waals surface area contributed by atoms with Crippen LogP contribution < -0.4 is 0 Å². The average molecular weight is 317 g/mol. The minimum atomic E-state index is -0.868. The second-order valence-corrected chi connectivity index (χ2v) is 7.48. The molecule has 1 aliphatic heterocycles. The topological polar surface area (TPSA) is 49.8 Å². The Hall–Kier alpha value is -1.39. The highest BCUT2D eigenvalue weighted by Gasteiger charge is 2.60. The lowest BCUT2D eigenvalue weighted by atomic mass is 9.56. The first-order chi connectivity index (χ1) is 10.9. The van der Waals surface area contributed by atoms with E-state index in [-0.39, 0.29) is 5.41 Å². The molecule has 1 saturated heterocycles. The second kappa shape index (κ2) is 6.25. The SMILES string of the molecule is CCCN(Cc1ccc(C(=O)O)cc1)C1C2CCOC2C1(C)C. The van der Waals surface area contributed by atoms with Gasteiger partial charge < -0.3 is 9.84 Å². The summed E-state index contributed by atoms with van der Waals surface area (Å²) in [5.74, 6) is -0.220. The van der Waals surface area contributed by atoms with E-state index in [0.717, 1.165) is 32.5 Å². The Morgan fingerprint density at radius 2 is 2.04 bits per heavy atom. The highest BCUT2D eigenvalue weighted by atomic mass is 16.5. The third-order valence-corrected chi connectivity index (χ3v) is 5.53. The van der Waals surface area contributed by atoms with Gasteiger partial charge in [-0.05, 0) is 37.1 Å². The van der Waals surface area contributed by atoms with Crippen LogP contribution in [0.15, 0.2) is 24.3 Å². The zero-order valence-electron chi connectivity index (χ0n) is 14.3. The van der Waals surface area contributed by atoms with Crippen molar-refractivity contribution >= 4 is 5.97 Å². The van der Waals surface area contributed by atoms with Gasteiger partial charge in [-0.1, -0.05) is 32.9 Å². The number of rotatable bonds is 6. The van der Waals surface area contributed by atoms with Crippen LogP contribution in [-0.4, -0.2) is 41.3 Å². The van der Waals surface area contributed by atoms with Crippen LogP contribution in [0.4, 0.5) is 0 Å². The van der Waals surface area contributed by atoms with E-state index >= 15 is 0 Å². The highest BCUT2D eigenvalue weighted by Crippen LogP contribution is 2.54. The summed E-state index contributed by atoms with van der Waals surface area (Å²) >= 11 is 0. The summed E-state index contributed by atoms with van der Waals surface area (Å²) in [7, 11) is 0. The van der Waals surface area contributed by atoms with E-state index in [2.05, 4.69) is 25.7 Å². The molecule has 0 spiro atoms. The molecular formula is C19H27NO3. The fourth-order valence-electron chi connectivity index (χ4n) is 4.63. The largest absolute Gasteiger partial charge is 0.478 e. The first-order valence-corrected chi connectivity index (χ1v) is 8.63. The van der Waals surface area contributed by atoms with Crippen LogP contribution in [0.1, 0.15) is 49.5 Å². The van der Waals surface area contributed by atoms with Crippen LogP contribution in [0.5, 0.6) is 0 Å². The zero-order valence-corrected chi connectivity index (χ0v) is 14.3. The summed E-state index contributed by atoms with van der Waals surface area (Å²) < 4.78 is 5.93. The van der Waals surface area contributed by atoms with Gasteiger partial charge in [-0.15, -0.1) is 0 Å². The molecule has 1 heterocycles. The first-order valence-electron chi connectivity index (χ1n) is 8.63. The molecule has 4 nitrogen and oxygen atoms in total. The van der Waals surface area contributed by atoms with Crippen molar-refractivity contribution in [2.24, 2.45) is 11.3 Å². The maximum Gasteiger partial charge on any atom is 0.335 e. The third kappa shape index (κ3) is 2.90. The van der Waals surface area contributed by atoms with Crippen LogP contribution in [0.2, 0.25) is 0 Å². The van der Waals surface area contributed by atoms with Crippen LogP contribution >= 0.6 is 0 Å². The Balaban J connectivity index is 1.75. The number of hydrogen-bond donors (Lipinski definition) is 1. The normalized spacial score (nSPS) is 28.4. The standard InChI is InChI=1S/C19H27NO3/c1-4-10-20(12-13-5-7-14(8-6-13)18(21)22)16-15-9-11-23-17(15)19(16,2)3/h5-8,15-17H,4,9-12H2,1-3H3,(H,21,22). The predicted octanol–water partition coefficient (Wildman–Crippen LogP) is 3.41. The van der Waals surface area contributed by atoms with Crippen molar-refractivity contribution in [1.82, 2.24) is 4.90 Å². The average Bonchev–Trinajstić information content (AvgIpc) is 2.94. The molecule has 4 heteroatoms. The van der Waals surface area contributed by atoms with Gasteiger partial charge in [-0.3, -0.25) is 4.90 Å². The molecule has 1 aromatic rings. The second-order valence-electron chi connectivity index (χ2n) is 7.48. The lowest BCUT2D eigenvalue weighted by Gasteiger charge is -2.58. The fourth-order valence-corrected chi connectivity index (χ4v) is 4.63. The molecule has 3 atom stereocenters. The van der Waals surface area contributed by atoms with Crippen LogP contribution in [0.3, 0.4) is 0 Å². The minimum absolute atomic E-state index is 0.192. The van der Waals surface area contributed by atoms with Crippen molar-refractivity contribution in [2.75, 3.05) is 13.2 Å². The molecule has 3 rings (SSSR count). The lowest BCUT2D eigenvalue weighted by molar-refractivity contribution is -0.157. The maximum absolute atomic E-state index is 11.0. The van der Waals surface area contributed by atoms with E-state index in [1.54, 1.807) is 12.1 Å². The summed E-state index contributed by atoms with van der Waals surface area (Å²) in [6.45, 7) is 9.70. The van der Waals surface area contributed by atoms with Crippen molar-refractivity contribution in [2.45, 2.75) is 52.3 Å². The van der Waals surface area contributed by atoms with E-state index in [4.69, 9.17) is 9.84 Å². The van der Waals surface area contributed by atoms with Gasteiger partial charge in [-0.2, -0.15) is 0 Å². The smallest absolute Gasteiger partial charge is 0.335 e. The molecule has 0 aromatic heterocycles. The van der Waals surface area contributed by atoms with Gasteiger partial charge in [-0.25, -0.2) is 4.79 Å². The summed E-state index contributed by atoms with van der Waals surface area (Å²) in [6, 6.07) is 7.85. The van der Waals surface area contributed by atoms with Crippen molar-refractivity contribution < 1.29 is 14.6 Å². The van der Waals surface area contributed by atoms with Crippen molar-refractivity contribution in [3.63, 3.8) is 0 Å². The van der Waals surface area contributed by atoms with Gasteiger partial charge in [0.1, 0.15) is 0 Å². The molecule has 1 N–H and O–H groups in total. The summed E-state index contributed by atoms with van der Waals surface area (Å²) in [5, 5.41) is 9.02. The van der Waals surface area contributed by atoms with E-state index in [1.165, 1.54) is 5.56 Å². The number of aromatic carboxylic acids is 1. The number of carboxylic acids is 1. The number of carboxylic acid groups (broad SMARTS) is 1. The van der Waals surface area contributed by atoms with Gasteiger partial charge in [0.2, 0.25) is 0 Å². The molecule has 3 unspecified atom stereocenters. The van der Waals surface area contributed by atoms with Gasteiger partial charge in [0.25, 0.3) is 0 Å². The maximum atomic E-state index is 11.0. The van der Waals surface area contributed by atoms with Gasteiger partial charge in [0.15, 0.2) is 0 Å². The van der Waals surface area contributed by atoms with Gasteiger partial charge >= 0.3 is 5.97 Å². The molecular weight excluding hydrogens is 290 g/mol. The first kappa shape index (κ1) is 16.5. The zero-order chi connectivity index (χ0) is 16.6. The number of hydrogen-bond acceptors (Lipinski definition) is 3. The fraction of sp³-hybridized carbons (Fsp3) is 0.632. The molecule has 0 bridgehead atoms. The van der Waals surface area contributed by atoms with E-state index in [0.29, 0.717) is 23.6 Å². The molecule has 0 amide bonds.